The molecule has 18 nitrogen and oxygen atoms in total. The predicted octanol–water partition coefficient (Wildman–Crippen LogP) is 2.71. The number of imide groups is 1. The van der Waals surface area contributed by atoms with E-state index >= 15 is 4.39 Å². The van der Waals surface area contributed by atoms with Gasteiger partial charge in [-0.3, -0.25) is 33.6 Å². The van der Waals surface area contributed by atoms with Crippen LogP contribution in [-0.2, 0) is 29.9 Å². The summed E-state index contributed by atoms with van der Waals surface area (Å²) in [6.45, 7) is 3.66. The van der Waals surface area contributed by atoms with E-state index in [0.717, 1.165) is 29.8 Å². The molecular weight excluding hydrogens is 827 g/mol. The van der Waals surface area contributed by atoms with Gasteiger partial charge in [-0.05, 0) is 68.0 Å². The van der Waals surface area contributed by atoms with Crippen molar-refractivity contribution < 1.29 is 70.8 Å². The molecule has 316 valence electrons. The number of rotatable bonds is 13. The average Bonchev–Trinajstić information content (AvgIpc) is 3.55. The molecule has 2 aromatic carbocycles. The zero-order valence-corrected chi connectivity index (χ0v) is 33.2. The second-order valence-corrected chi connectivity index (χ2v) is 19.5. The number of aromatic nitrogens is 1. The van der Waals surface area contributed by atoms with Crippen molar-refractivity contribution in [1.29, 1.82) is 0 Å². The summed E-state index contributed by atoms with van der Waals surface area (Å²) < 4.78 is 72.9. The maximum Gasteiger partial charge on any atom is 0.413 e. The van der Waals surface area contributed by atoms with Crippen molar-refractivity contribution in [3.05, 3.63) is 77.1 Å². The molecule has 0 bridgehead atoms. The molecule has 8 atom stereocenters. The number of carbonyl (C=O) groups is 5. The number of amides is 3. The van der Waals surface area contributed by atoms with Crippen LogP contribution >= 0.6 is 15.0 Å². The monoisotopic (exact) mass is 866 g/mol. The molecule has 1 saturated carbocycles. The number of hydrogen-bond donors (Lipinski definition) is 7. The molecule has 0 spiro atoms. The Hall–Kier alpha value is -5.17. The topological polar surface area (TPSA) is 265 Å². The first kappa shape index (κ1) is 43.4. The largest absolute Gasteiger partial charge is 0.481 e. The van der Waals surface area contributed by atoms with Gasteiger partial charge in [0.25, 0.3) is 0 Å². The number of aliphatic carboxylic acids is 1. The Morgan fingerprint density at radius 2 is 1.53 bits per heavy atom. The van der Waals surface area contributed by atoms with Crippen molar-refractivity contribution in [2.45, 2.75) is 43.8 Å². The van der Waals surface area contributed by atoms with Crippen LogP contribution in [-0.4, -0.2) is 104 Å². The van der Waals surface area contributed by atoms with Gasteiger partial charge in [0.15, 0.2) is 17.4 Å². The number of hydrogen-bond acceptors (Lipinski definition) is 12. The van der Waals surface area contributed by atoms with Crippen LogP contribution in [0.25, 0.3) is 0 Å². The number of carboxylic acids is 1. The van der Waals surface area contributed by atoms with E-state index < -0.39 is 98.4 Å². The fraction of sp³-hybridized carbons (Fsp3) is 0.389. The number of anilines is 3. The number of carboxylic acid groups (broad SMARTS) is 1. The van der Waals surface area contributed by atoms with Crippen molar-refractivity contribution in [1.82, 2.24) is 20.9 Å². The first-order chi connectivity index (χ1) is 27.5. The quantitative estimate of drug-likeness (QED) is 0.0962. The van der Waals surface area contributed by atoms with E-state index in [1.54, 1.807) is 4.90 Å². The van der Waals surface area contributed by atoms with Gasteiger partial charge < -0.3 is 45.0 Å². The third kappa shape index (κ3) is 9.51. The molecule has 6 rings (SSSR count). The van der Waals surface area contributed by atoms with Gasteiger partial charge in [-0.2, -0.15) is 0 Å². The van der Waals surface area contributed by atoms with Crippen molar-refractivity contribution in [2.24, 2.45) is 17.8 Å². The highest BCUT2D eigenvalue weighted by Gasteiger charge is 2.57. The maximum absolute atomic E-state index is 15.5. The standard InChI is InChI=1S/C36H39F3N6O12P2/c1-16(33(47)43-34(48)17(2)41-36(51)57-20-7-4-18(5-8-20)10-28(58(3,52)53)59(54,55)56)40-29-22-13-44(14-23(22)29)32-26(39)12-21-30(46)24(35(49)50)15-45(31(21)42-32)27-9-6-19(37)11-25(27)38/h4-9,11-12,16-17,22-24,28-29,40H,10,13-15H2,1-3H3,(H,41,51)(H,49,50)(H,52,53)(H,43,47,48)(H2,54,55,56)/t16?,17-,22-,23+,24?,28?,29?/m0/s1. The molecule has 1 aromatic heterocycles. The summed E-state index contributed by atoms with van der Waals surface area (Å²) in [4.78, 5) is 98.7. The molecule has 1 saturated heterocycles. The molecule has 3 amide bonds. The first-order valence-electron chi connectivity index (χ1n) is 18.0. The lowest BCUT2D eigenvalue weighted by molar-refractivity contribution is -0.139. The molecule has 7 N–H and O–H groups in total. The second kappa shape index (κ2) is 16.5. The van der Waals surface area contributed by atoms with Crippen molar-refractivity contribution in [3.8, 4) is 5.75 Å². The van der Waals surface area contributed by atoms with Crippen LogP contribution in [0, 0.1) is 35.2 Å². The Kier molecular flexibility index (Phi) is 12.1. The minimum Gasteiger partial charge on any atom is -0.481 e. The molecule has 23 heteroatoms. The Morgan fingerprint density at radius 3 is 2.10 bits per heavy atom. The third-order valence-corrected chi connectivity index (χ3v) is 14.9. The number of ether oxygens (including phenoxy) is 1. The number of halogens is 3. The van der Waals surface area contributed by atoms with E-state index in [4.69, 9.17) is 4.74 Å². The number of nitrogens with zero attached hydrogens (tertiary/aromatic N) is 3. The van der Waals surface area contributed by atoms with Crippen LogP contribution in [0.15, 0.2) is 48.5 Å². The molecule has 3 aliphatic rings. The smallest absolute Gasteiger partial charge is 0.413 e. The molecule has 3 aromatic rings. The van der Waals surface area contributed by atoms with Crippen molar-refractivity contribution in [2.75, 3.05) is 36.1 Å². The SMILES string of the molecule is CC(NC1[C@H]2CN(c3nc4c(cc3F)C(=O)C(C(=O)O)CN4c3ccc(F)cc3F)C[C@@H]12)C(=O)NC(=O)[C@H](C)NC(=O)Oc1ccc(CC(P(C)(=O)O)P(=O)(O)O)cc1. The van der Waals surface area contributed by atoms with Gasteiger partial charge in [0.1, 0.15) is 40.6 Å². The number of pyridine rings is 1. The van der Waals surface area contributed by atoms with Gasteiger partial charge >= 0.3 is 19.7 Å². The van der Waals surface area contributed by atoms with Crippen LogP contribution in [0.1, 0.15) is 29.8 Å². The second-order valence-electron chi connectivity index (χ2n) is 14.7. The third-order valence-electron chi connectivity index (χ3n) is 10.4. The van der Waals surface area contributed by atoms with Crippen LogP contribution in [0.3, 0.4) is 0 Å². The zero-order valence-electron chi connectivity index (χ0n) is 31.4. The minimum absolute atomic E-state index is 0.0193. The lowest BCUT2D eigenvalue weighted by atomic mass is 9.92. The highest BCUT2D eigenvalue weighted by atomic mass is 31.2. The fourth-order valence-corrected chi connectivity index (χ4v) is 10.5. The van der Waals surface area contributed by atoms with E-state index in [1.807, 2.05) is 0 Å². The molecule has 59 heavy (non-hydrogen) atoms. The molecule has 1 aliphatic carbocycles. The number of benzene rings is 2. The number of fused-ring (bicyclic) bond motifs is 2. The minimum atomic E-state index is -4.91. The molecule has 2 aliphatic heterocycles. The van der Waals surface area contributed by atoms with Crippen molar-refractivity contribution in [3.63, 3.8) is 0 Å². The van der Waals surface area contributed by atoms with Gasteiger partial charge in [-0.15, -0.1) is 0 Å². The Labute approximate surface area is 333 Å². The summed E-state index contributed by atoms with van der Waals surface area (Å²) in [5.74, 6) is -9.00. The first-order valence-corrected chi connectivity index (χ1v) is 21.9. The lowest BCUT2D eigenvalue weighted by Gasteiger charge is -2.34. The van der Waals surface area contributed by atoms with Gasteiger partial charge in [-0.25, -0.2) is 22.9 Å². The maximum atomic E-state index is 15.5. The Morgan fingerprint density at radius 1 is 0.898 bits per heavy atom. The number of piperidine rings is 1. The summed E-state index contributed by atoms with van der Waals surface area (Å²) in [7, 11) is -9.07. The van der Waals surface area contributed by atoms with E-state index in [0.29, 0.717) is 6.07 Å². The number of nitrogens with one attached hydrogen (secondary N) is 3. The molecule has 5 unspecified atom stereocenters. The molecule has 3 heterocycles. The van der Waals surface area contributed by atoms with Crippen LogP contribution in [0.2, 0.25) is 0 Å². The van der Waals surface area contributed by atoms with Gasteiger partial charge in [0.2, 0.25) is 19.2 Å². The van der Waals surface area contributed by atoms with Gasteiger partial charge in [-0.1, -0.05) is 12.1 Å². The number of Topliss-reactive ketones (excluding diaryl/α,β-unsaturated/α-hetero) is 1. The van der Waals surface area contributed by atoms with Gasteiger partial charge in [0.05, 0.1) is 17.3 Å². The van der Waals surface area contributed by atoms with Crippen LogP contribution in [0.5, 0.6) is 5.75 Å². The summed E-state index contributed by atoms with van der Waals surface area (Å²) in [6.07, 6.45) is -1.48. The predicted molar refractivity (Wildman–Crippen MR) is 202 cm³/mol. The molecular formula is C36H39F3N6O12P2. The van der Waals surface area contributed by atoms with E-state index in [-0.39, 0.29) is 65.2 Å². The lowest BCUT2D eigenvalue weighted by Crippen LogP contribution is -2.52. The van der Waals surface area contributed by atoms with Gasteiger partial charge in [0, 0.05) is 38.4 Å². The highest BCUT2D eigenvalue weighted by Crippen LogP contribution is 2.61. The molecule has 0 radical (unpaired) electrons. The summed E-state index contributed by atoms with van der Waals surface area (Å²) >= 11 is 0. The van der Waals surface area contributed by atoms with Crippen molar-refractivity contribution >= 4 is 61.9 Å². The van der Waals surface area contributed by atoms with Crippen LogP contribution < -0.4 is 30.5 Å². The molecule has 2 fully saturated rings. The zero-order chi connectivity index (χ0) is 43.3. The van der Waals surface area contributed by atoms with E-state index in [9.17, 15) is 61.7 Å². The normalized spacial score (nSPS) is 22.3. The highest BCUT2D eigenvalue weighted by molar-refractivity contribution is 7.73. The average molecular weight is 867 g/mol. The summed E-state index contributed by atoms with van der Waals surface area (Å²) in [6, 6.07) is 6.40. The van der Waals surface area contributed by atoms with Crippen LogP contribution in [0.4, 0.5) is 35.3 Å². The number of ketones is 1. The van der Waals surface area contributed by atoms with E-state index in [1.165, 1.54) is 38.1 Å². The fourth-order valence-electron chi connectivity index (χ4n) is 7.22. The number of carbonyl (C=O) groups excluding carboxylic acids is 4. The summed E-state index contributed by atoms with van der Waals surface area (Å²) in [5.41, 5.74) is -0.330. The summed E-state index contributed by atoms with van der Waals surface area (Å²) in [5, 5.41) is 15.4. The Balaban J connectivity index is 1.00. The Bertz CT molecular complexity index is 2280. The van der Waals surface area contributed by atoms with E-state index in [2.05, 4.69) is 20.9 Å².